The van der Waals surface area contributed by atoms with E-state index in [4.69, 9.17) is 5.84 Å². The summed E-state index contributed by atoms with van der Waals surface area (Å²) in [6, 6.07) is 6.12. The van der Waals surface area contributed by atoms with Gasteiger partial charge in [-0.1, -0.05) is 18.2 Å². The van der Waals surface area contributed by atoms with Crippen molar-refractivity contribution >= 4 is 0 Å². The van der Waals surface area contributed by atoms with E-state index in [1.54, 1.807) is 19.3 Å². The second-order valence-electron chi connectivity index (χ2n) is 4.10. The van der Waals surface area contributed by atoms with Gasteiger partial charge in [0.25, 0.3) is 0 Å². The lowest BCUT2D eigenvalue weighted by molar-refractivity contribution is -0.138. The van der Waals surface area contributed by atoms with Gasteiger partial charge in [0.1, 0.15) is 0 Å². The number of benzene rings is 1. The van der Waals surface area contributed by atoms with E-state index >= 15 is 0 Å². The fourth-order valence-corrected chi connectivity index (χ4v) is 1.93. The van der Waals surface area contributed by atoms with Crippen LogP contribution in [0.25, 0.3) is 0 Å². The van der Waals surface area contributed by atoms with E-state index in [2.05, 4.69) is 10.5 Å². The number of nitrogens with two attached hydrogens (primary N) is 1. The molecule has 0 amide bonds. The van der Waals surface area contributed by atoms with Gasteiger partial charge in [-0.3, -0.25) is 10.5 Å². The molecule has 2 aromatic rings. The van der Waals surface area contributed by atoms with Crippen LogP contribution in [0.2, 0.25) is 0 Å². The predicted molar refractivity (Wildman–Crippen MR) is 63.8 cm³/mol. The highest BCUT2D eigenvalue weighted by Crippen LogP contribution is 2.35. The summed E-state index contributed by atoms with van der Waals surface area (Å²) < 4.78 is 40.4. The molecule has 0 fully saturated rings. The van der Waals surface area contributed by atoms with Crippen LogP contribution >= 0.6 is 0 Å². The maximum atomic E-state index is 13.0. The summed E-state index contributed by atoms with van der Waals surface area (Å²) in [6.07, 6.45) is -2.78. The van der Waals surface area contributed by atoms with E-state index in [1.807, 2.05) is 0 Å². The molecule has 1 heterocycles. The largest absolute Gasteiger partial charge is 0.416 e. The molecule has 0 spiro atoms. The Morgan fingerprint density at radius 3 is 2.47 bits per heavy atom. The van der Waals surface area contributed by atoms with Gasteiger partial charge in [0.2, 0.25) is 0 Å². The summed E-state index contributed by atoms with van der Waals surface area (Å²) in [4.78, 5) is 0. The molecular weight excluding hydrogens is 257 g/mol. The number of hydrogen-bond donors (Lipinski definition) is 2. The quantitative estimate of drug-likeness (QED) is 0.662. The molecule has 102 valence electrons. The topological polar surface area (TPSA) is 55.9 Å². The van der Waals surface area contributed by atoms with Crippen LogP contribution in [0.1, 0.15) is 22.9 Å². The van der Waals surface area contributed by atoms with Gasteiger partial charge in [-0.2, -0.15) is 18.3 Å². The molecule has 3 N–H and O–H groups in total. The zero-order valence-corrected chi connectivity index (χ0v) is 10.1. The molecule has 0 radical (unpaired) electrons. The first-order chi connectivity index (χ1) is 8.93. The van der Waals surface area contributed by atoms with Crippen LogP contribution in [0.4, 0.5) is 13.2 Å². The predicted octanol–water partition coefficient (Wildman–Crippen LogP) is 1.99. The van der Waals surface area contributed by atoms with Gasteiger partial charge in [-0.15, -0.1) is 0 Å². The van der Waals surface area contributed by atoms with Gasteiger partial charge in [0.15, 0.2) is 0 Å². The zero-order chi connectivity index (χ0) is 14.0. The third-order valence-electron chi connectivity index (χ3n) is 2.77. The molecular formula is C12H13F3N4. The number of nitrogens with one attached hydrogen (secondary N) is 1. The minimum Gasteiger partial charge on any atom is -0.275 e. The first-order valence-corrected chi connectivity index (χ1v) is 5.55. The minimum absolute atomic E-state index is 0.0520. The second-order valence-corrected chi connectivity index (χ2v) is 4.10. The van der Waals surface area contributed by atoms with Gasteiger partial charge in [-0.25, -0.2) is 5.43 Å². The van der Waals surface area contributed by atoms with Gasteiger partial charge in [0, 0.05) is 13.2 Å². The van der Waals surface area contributed by atoms with Gasteiger partial charge < -0.3 is 0 Å². The second kappa shape index (κ2) is 5.02. The van der Waals surface area contributed by atoms with Crippen LogP contribution in [0, 0.1) is 0 Å². The van der Waals surface area contributed by atoms with Crippen molar-refractivity contribution in [2.45, 2.75) is 12.2 Å². The van der Waals surface area contributed by atoms with Crippen molar-refractivity contribution in [2.75, 3.05) is 0 Å². The average Bonchev–Trinajstić information content (AvgIpc) is 2.76. The molecule has 1 aromatic heterocycles. The summed E-state index contributed by atoms with van der Waals surface area (Å²) in [5.41, 5.74) is 2.15. The molecule has 0 bridgehead atoms. The number of nitrogens with zero attached hydrogens (tertiary/aromatic N) is 2. The Kier molecular flexibility index (Phi) is 3.59. The summed E-state index contributed by atoms with van der Waals surface area (Å²) in [5, 5.41) is 4.09. The Morgan fingerprint density at radius 1 is 1.26 bits per heavy atom. The molecule has 0 saturated carbocycles. The van der Waals surface area contributed by atoms with E-state index < -0.39 is 17.8 Å². The first kappa shape index (κ1) is 13.6. The zero-order valence-electron chi connectivity index (χ0n) is 10.1. The monoisotopic (exact) mass is 270 g/mol. The molecule has 1 atom stereocenters. The third-order valence-corrected chi connectivity index (χ3v) is 2.77. The van der Waals surface area contributed by atoms with Crippen molar-refractivity contribution in [1.29, 1.82) is 0 Å². The van der Waals surface area contributed by atoms with Crippen molar-refractivity contribution in [3.05, 3.63) is 53.3 Å². The SMILES string of the molecule is Cn1ccc(C(NN)c2ccccc2C(F)(F)F)n1. The minimum atomic E-state index is -4.43. The number of aromatic nitrogens is 2. The normalized spacial score (nSPS) is 13.5. The van der Waals surface area contributed by atoms with Crippen molar-refractivity contribution in [2.24, 2.45) is 12.9 Å². The fourth-order valence-electron chi connectivity index (χ4n) is 1.93. The van der Waals surface area contributed by atoms with Crippen LogP contribution in [0.5, 0.6) is 0 Å². The smallest absolute Gasteiger partial charge is 0.275 e. The highest BCUT2D eigenvalue weighted by Gasteiger charge is 2.35. The molecule has 1 unspecified atom stereocenters. The van der Waals surface area contributed by atoms with Crippen LogP contribution < -0.4 is 11.3 Å². The van der Waals surface area contributed by atoms with Crippen LogP contribution in [0.3, 0.4) is 0 Å². The molecule has 0 aliphatic carbocycles. The lowest BCUT2D eigenvalue weighted by Gasteiger charge is -2.19. The maximum Gasteiger partial charge on any atom is 0.416 e. The van der Waals surface area contributed by atoms with E-state index in [9.17, 15) is 13.2 Å². The highest BCUT2D eigenvalue weighted by atomic mass is 19.4. The Hall–Kier alpha value is -1.86. The van der Waals surface area contributed by atoms with Crippen LogP contribution in [-0.4, -0.2) is 9.78 Å². The van der Waals surface area contributed by atoms with E-state index in [0.29, 0.717) is 5.69 Å². The van der Waals surface area contributed by atoms with E-state index in [-0.39, 0.29) is 5.56 Å². The third kappa shape index (κ3) is 2.77. The standard InChI is InChI=1S/C12H13F3N4/c1-19-7-6-10(18-19)11(17-16)8-4-2-3-5-9(8)12(13,14)15/h2-7,11,17H,16H2,1H3. The van der Waals surface area contributed by atoms with Gasteiger partial charge >= 0.3 is 6.18 Å². The number of aryl methyl sites for hydroxylation is 1. The molecule has 4 nitrogen and oxygen atoms in total. The van der Waals surface area contributed by atoms with Crippen LogP contribution in [-0.2, 0) is 13.2 Å². The molecule has 0 saturated heterocycles. The van der Waals surface area contributed by atoms with Crippen molar-refractivity contribution in [3.8, 4) is 0 Å². The van der Waals surface area contributed by atoms with Crippen molar-refractivity contribution < 1.29 is 13.2 Å². The van der Waals surface area contributed by atoms with Crippen LogP contribution in [0.15, 0.2) is 36.5 Å². The Balaban J connectivity index is 2.50. The summed E-state index contributed by atoms with van der Waals surface area (Å²) in [5.74, 6) is 5.39. The molecule has 2 rings (SSSR count). The summed E-state index contributed by atoms with van der Waals surface area (Å²) in [7, 11) is 1.69. The summed E-state index contributed by atoms with van der Waals surface area (Å²) >= 11 is 0. The number of halogens is 3. The first-order valence-electron chi connectivity index (χ1n) is 5.55. The van der Waals surface area contributed by atoms with Gasteiger partial charge in [-0.05, 0) is 17.7 Å². The lowest BCUT2D eigenvalue weighted by atomic mass is 9.98. The molecule has 1 aromatic carbocycles. The molecule has 0 aliphatic rings. The number of alkyl halides is 3. The Labute approximate surface area is 108 Å². The molecule has 7 heteroatoms. The molecule has 19 heavy (non-hydrogen) atoms. The Bertz CT molecular complexity index is 562. The van der Waals surface area contributed by atoms with Gasteiger partial charge in [0.05, 0.1) is 17.3 Å². The maximum absolute atomic E-state index is 13.0. The average molecular weight is 270 g/mol. The molecule has 0 aliphatic heterocycles. The van der Waals surface area contributed by atoms with Crippen molar-refractivity contribution in [1.82, 2.24) is 15.2 Å². The summed E-state index contributed by atoms with van der Waals surface area (Å²) in [6.45, 7) is 0. The highest BCUT2D eigenvalue weighted by molar-refractivity contribution is 5.36. The number of hydrazine groups is 1. The van der Waals surface area contributed by atoms with Crippen molar-refractivity contribution in [3.63, 3.8) is 0 Å². The number of hydrogen-bond acceptors (Lipinski definition) is 3. The van der Waals surface area contributed by atoms with E-state index in [0.717, 1.165) is 6.07 Å². The fraction of sp³-hybridized carbons (Fsp3) is 0.250. The Morgan fingerprint density at radius 2 is 1.95 bits per heavy atom. The lowest BCUT2D eigenvalue weighted by Crippen LogP contribution is -2.31. The van der Waals surface area contributed by atoms with E-state index in [1.165, 1.54) is 22.9 Å². The number of rotatable bonds is 3.